The van der Waals surface area contributed by atoms with E-state index in [1.165, 1.54) is 0 Å². The molecule has 1 aromatic heterocycles. The smallest absolute Gasteiger partial charge is 0.264 e. The largest absolute Gasteiger partial charge is 0.497 e. The average Bonchev–Trinajstić information content (AvgIpc) is 2.43. The SMILES string of the molecule is COc1cccc(-c2nc(CC(C)C)c(I)c(=O)[nH]2)c1. The number of hydrogen-bond donors (Lipinski definition) is 1. The molecule has 0 aliphatic carbocycles. The van der Waals surface area contributed by atoms with Crippen LogP contribution in [0.4, 0.5) is 0 Å². The van der Waals surface area contributed by atoms with Gasteiger partial charge in [0.15, 0.2) is 0 Å². The van der Waals surface area contributed by atoms with Crippen LogP contribution in [0.1, 0.15) is 19.5 Å². The minimum absolute atomic E-state index is 0.0888. The molecule has 0 saturated carbocycles. The maximum atomic E-state index is 12.0. The summed E-state index contributed by atoms with van der Waals surface area (Å²) in [6, 6.07) is 7.52. The third-order valence-corrected chi connectivity index (χ3v) is 3.99. The van der Waals surface area contributed by atoms with Crippen molar-refractivity contribution in [1.29, 1.82) is 0 Å². The summed E-state index contributed by atoms with van der Waals surface area (Å²) < 4.78 is 5.87. The standard InChI is InChI=1S/C15H17IN2O2/c1-9(2)7-12-13(16)15(19)18-14(17-12)10-5-4-6-11(8-10)20-3/h4-6,8-9H,7H2,1-3H3,(H,17,18,19). The van der Waals surface area contributed by atoms with Crippen molar-refractivity contribution in [2.24, 2.45) is 5.92 Å². The van der Waals surface area contributed by atoms with E-state index in [2.05, 4.69) is 46.4 Å². The summed E-state index contributed by atoms with van der Waals surface area (Å²) in [7, 11) is 1.62. The lowest BCUT2D eigenvalue weighted by atomic mass is 10.1. The number of nitrogens with one attached hydrogen (secondary N) is 1. The minimum Gasteiger partial charge on any atom is -0.497 e. The van der Waals surface area contributed by atoms with Crippen LogP contribution in [0.5, 0.6) is 5.75 Å². The van der Waals surface area contributed by atoms with E-state index < -0.39 is 0 Å². The monoisotopic (exact) mass is 384 g/mol. The zero-order chi connectivity index (χ0) is 14.7. The van der Waals surface area contributed by atoms with Gasteiger partial charge in [-0.25, -0.2) is 4.98 Å². The van der Waals surface area contributed by atoms with Gasteiger partial charge < -0.3 is 9.72 Å². The van der Waals surface area contributed by atoms with E-state index in [1.54, 1.807) is 7.11 Å². The van der Waals surface area contributed by atoms with Crippen molar-refractivity contribution in [2.45, 2.75) is 20.3 Å². The Morgan fingerprint density at radius 3 is 2.80 bits per heavy atom. The van der Waals surface area contributed by atoms with Crippen LogP contribution in [0.25, 0.3) is 11.4 Å². The van der Waals surface area contributed by atoms with E-state index in [9.17, 15) is 4.79 Å². The number of nitrogens with zero attached hydrogens (tertiary/aromatic N) is 1. The number of aromatic nitrogens is 2. The molecular weight excluding hydrogens is 367 g/mol. The van der Waals surface area contributed by atoms with Crippen LogP contribution in [-0.2, 0) is 6.42 Å². The molecule has 0 atom stereocenters. The van der Waals surface area contributed by atoms with Crippen LogP contribution in [-0.4, -0.2) is 17.1 Å². The van der Waals surface area contributed by atoms with Crippen LogP contribution in [0, 0.1) is 9.49 Å². The number of methoxy groups -OCH3 is 1. The molecule has 0 unspecified atom stereocenters. The Balaban J connectivity index is 2.51. The lowest BCUT2D eigenvalue weighted by molar-refractivity contribution is 0.415. The van der Waals surface area contributed by atoms with E-state index in [4.69, 9.17) is 4.74 Å². The molecule has 0 bridgehead atoms. The van der Waals surface area contributed by atoms with Crippen LogP contribution >= 0.6 is 22.6 Å². The van der Waals surface area contributed by atoms with Crippen molar-refractivity contribution in [3.05, 3.63) is 43.9 Å². The highest BCUT2D eigenvalue weighted by atomic mass is 127. The first kappa shape index (κ1) is 15.0. The Morgan fingerprint density at radius 2 is 2.15 bits per heavy atom. The van der Waals surface area contributed by atoms with Gasteiger partial charge in [0.05, 0.1) is 16.4 Å². The summed E-state index contributed by atoms with van der Waals surface area (Å²) in [6.45, 7) is 4.23. The predicted octanol–water partition coefficient (Wildman–Crippen LogP) is 3.25. The lowest BCUT2D eigenvalue weighted by Gasteiger charge is -2.09. The molecule has 4 nitrogen and oxygen atoms in total. The normalized spacial score (nSPS) is 10.8. The Labute approximate surface area is 131 Å². The molecule has 0 aliphatic rings. The van der Waals surface area contributed by atoms with Gasteiger partial charge in [-0.15, -0.1) is 0 Å². The van der Waals surface area contributed by atoms with Gasteiger partial charge in [-0.05, 0) is 47.1 Å². The van der Waals surface area contributed by atoms with Crippen molar-refractivity contribution in [2.75, 3.05) is 7.11 Å². The molecule has 20 heavy (non-hydrogen) atoms. The van der Waals surface area contributed by atoms with Gasteiger partial charge >= 0.3 is 0 Å². The molecule has 0 spiro atoms. The summed E-state index contributed by atoms with van der Waals surface area (Å²) >= 11 is 2.06. The van der Waals surface area contributed by atoms with Crippen molar-refractivity contribution >= 4 is 22.6 Å². The summed E-state index contributed by atoms with van der Waals surface area (Å²) in [6.07, 6.45) is 0.791. The van der Waals surface area contributed by atoms with E-state index in [0.717, 1.165) is 23.4 Å². The molecule has 0 saturated heterocycles. The highest BCUT2D eigenvalue weighted by Crippen LogP contribution is 2.21. The first-order valence-corrected chi connectivity index (χ1v) is 7.52. The number of ether oxygens (including phenoxy) is 1. The van der Waals surface area contributed by atoms with Crippen LogP contribution < -0.4 is 10.3 Å². The lowest BCUT2D eigenvalue weighted by Crippen LogP contribution is -2.17. The Morgan fingerprint density at radius 1 is 1.40 bits per heavy atom. The maximum Gasteiger partial charge on any atom is 0.264 e. The third kappa shape index (κ3) is 3.39. The van der Waals surface area contributed by atoms with E-state index >= 15 is 0 Å². The minimum atomic E-state index is -0.0888. The topological polar surface area (TPSA) is 55.0 Å². The molecule has 1 aromatic carbocycles. The highest BCUT2D eigenvalue weighted by Gasteiger charge is 2.12. The number of hydrogen-bond acceptors (Lipinski definition) is 3. The molecule has 2 rings (SSSR count). The van der Waals surface area contributed by atoms with E-state index in [0.29, 0.717) is 15.3 Å². The van der Waals surface area contributed by atoms with Gasteiger partial charge in [-0.2, -0.15) is 0 Å². The Hall–Kier alpha value is -1.37. The van der Waals surface area contributed by atoms with Crippen molar-refractivity contribution < 1.29 is 4.74 Å². The molecule has 106 valence electrons. The molecular formula is C15H17IN2O2. The van der Waals surface area contributed by atoms with Crippen molar-refractivity contribution in [3.8, 4) is 17.1 Å². The summed E-state index contributed by atoms with van der Waals surface area (Å²) in [5.74, 6) is 1.79. The maximum absolute atomic E-state index is 12.0. The van der Waals surface area contributed by atoms with E-state index in [-0.39, 0.29) is 5.56 Å². The van der Waals surface area contributed by atoms with Gasteiger partial charge in [-0.3, -0.25) is 4.79 Å². The predicted molar refractivity (Wildman–Crippen MR) is 88.1 cm³/mol. The third-order valence-electron chi connectivity index (χ3n) is 2.88. The average molecular weight is 384 g/mol. The highest BCUT2D eigenvalue weighted by molar-refractivity contribution is 14.1. The van der Waals surface area contributed by atoms with Gasteiger partial charge in [0.1, 0.15) is 11.6 Å². The second-order valence-electron chi connectivity index (χ2n) is 5.01. The quantitative estimate of drug-likeness (QED) is 0.824. The second kappa shape index (κ2) is 6.39. The van der Waals surface area contributed by atoms with Crippen molar-refractivity contribution in [1.82, 2.24) is 9.97 Å². The van der Waals surface area contributed by atoms with E-state index in [1.807, 2.05) is 24.3 Å². The Kier molecular flexibility index (Phi) is 4.80. The summed E-state index contributed by atoms with van der Waals surface area (Å²) in [5, 5.41) is 0. The van der Waals surface area contributed by atoms with Gasteiger partial charge in [-0.1, -0.05) is 26.0 Å². The number of halogens is 1. The second-order valence-corrected chi connectivity index (χ2v) is 6.08. The van der Waals surface area contributed by atoms with Crippen LogP contribution in [0.3, 0.4) is 0 Å². The molecule has 1 heterocycles. The van der Waals surface area contributed by atoms with Gasteiger partial charge in [0, 0.05) is 5.56 Å². The zero-order valence-corrected chi connectivity index (χ0v) is 13.9. The molecule has 0 radical (unpaired) electrons. The van der Waals surface area contributed by atoms with Gasteiger partial charge in [0.2, 0.25) is 0 Å². The zero-order valence-electron chi connectivity index (χ0n) is 11.7. The molecule has 0 fully saturated rings. The molecule has 2 aromatic rings. The Bertz CT molecular complexity index is 665. The van der Waals surface area contributed by atoms with Crippen molar-refractivity contribution in [3.63, 3.8) is 0 Å². The molecule has 0 aliphatic heterocycles. The summed E-state index contributed by atoms with van der Waals surface area (Å²) in [5.41, 5.74) is 1.61. The molecule has 1 N–H and O–H groups in total. The number of rotatable bonds is 4. The number of H-pyrrole nitrogens is 1. The molecule has 0 amide bonds. The fraction of sp³-hybridized carbons (Fsp3) is 0.333. The summed E-state index contributed by atoms with van der Waals surface area (Å²) in [4.78, 5) is 19.5. The fourth-order valence-corrected chi connectivity index (χ4v) is 2.41. The fourth-order valence-electron chi connectivity index (χ4n) is 1.93. The molecule has 5 heteroatoms. The van der Waals surface area contributed by atoms with Crippen LogP contribution in [0.2, 0.25) is 0 Å². The number of benzene rings is 1. The van der Waals surface area contributed by atoms with Crippen LogP contribution in [0.15, 0.2) is 29.1 Å². The first-order chi connectivity index (χ1) is 9.51. The first-order valence-electron chi connectivity index (χ1n) is 6.44. The number of aromatic amines is 1. The van der Waals surface area contributed by atoms with Gasteiger partial charge in [0.25, 0.3) is 5.56 Å².